The van der Waals surface area contributed by atoms with E-state index in [4.69, 9.17) is 0 Å². The summed E-state index contributed by atoms with van der Waals surface area (Å²) in [5, 5.41) is 3.26. The summed E-state index contributed by atoms with van der Waals surface area (Å²) in [5.41, 5.74) is -0.00130. The molecule has 116 valence electrons. The van der Waals surface area contributed by atoms with E-state index in [2.05, 4.69) is 10.1 Å². The van der Waals surface area contributed by atoms with Gasteiger partial charge in [0.1, 0.15) is 5.75 Å². The van der Waals surface area contributed by atoms with Crippen LogP contribution in [0.3, 0.4) is 0 Å². The third-order valence-electron chi connectivity index (χ3n) is 3.59. The average Bonchev–Trinajstić information content (AvgIpc) is 2.45. The van der Waals surface area contributed by atoms with E-state index in [1.807, 2.05) is 0 Å². The van der Waals surface area contributed by atoms with Crippen molar-refractivity contribution in [1.82, 2.24) is 5.32 Å². The number of nitrogens with one attached hydrogen (secondary N) is 1. The number of ether oxygens (including phenoxy) is 1. The Morgan fingerprint density at radius 1 is 1.33 bits per heavy atom. The molecule has 1 aliphatic rings. The summed E-state index contributed by atoms with van der Waals surface area (Å²) >= 11 is 0. The summed E-state index contributed by atoms with van der Waals surface area (Å²) in [6, 6.07) is 5.51. The SMILES string of the molecule is O=C(CCC1CCCNC1)c1ccccc1OC(F)(F)F. The molecule has 0 bridgehead atoms. The van der Waals surface area contributed by atoms with Gasteiger partial charge >= 0.3 is 6.36 Å². The van der Waals surface area contributed by atoms with E-state index >= 15 is 0 Å². The van der Waals surface area contributed by atoms with Crippen molar-refractivity contribution >= 4 is 5.78 Å². The van der Waals surface area contributed by atoms with Crippen molar-refractivity contribution in [2.24, 2.45) is 5.92 Å². The Hall–Kier alpha value is -1.56. The molecule has 1 aromatic rings. The number of alkyl halides is 3. The Bertz CT molecular complexity index is 482. The molecule has 1 N–H and O–H groups in total. The Kier molecular flexibility index (Phi) is 5.22. The van der Waals surface area contributed by atoms with Gasteiger partial charge in [0.25, 0.3) is 0 Å². The zero-order chi connectivity index (χ0) is 15.3. The highest BCUT2D eigenvalue weighted by molar-refractivity contribution is 5.98. The van der Waals surface area contributed by atoms with Gasteiger partial charge in [0.2, 0.25) is 0 Å². The molecule has 3 nitrogen and oxygen atoms in total. The van der Waals surface area contributed by atoms with Crippen LogP contribution in [0.5, 0.6) is 5.75 Å². The molecular weight excluding hydrogens is 283 g/mol. The van der Waals surface area contributed by atoms with Gasteiger partial charge in [0, 0.05) is 6.42 Å². The van der Waals surface area contributed by atoms with Crippen LogP contribution < -0.4 is 10.1 Å². The fourth-order valence-electron chi connectivity index (χ4n) is 2.55. The molecule has 0 aromatic heterocycles. The first-order valence-electron chi connectivity index (χ1n) is 7.04. The van der Waals surface area contributed by atoms with Crippen molar-refractivity contribution in [3.05, 3.63) is 29.8 Å². The van der Waals surface area contributed by atoms with Gasteiger partial charge in [-0.25, -0.2) is 0 Å². The summed E-state index contributed by atoms with van der Waals surface area (Å²) in [7, 11) is 0. The molecule has 1 atom stereocenters. The van der Waals surface area contributed by atoms with E-state index in [9.17, 15) is 18.0 Å². The molecule has 0 aliphatic carbocycles. The summed E-state index contributed by atoms with van der Waals surface area (Å²) < 4.78 is 40.9. The van der Waals surface area contributed by atoms with Crippen LogP contribution in [0.1, 0.15) is 36.0 Å². The fourth-order valence-corrected chi connectivity index (χ4v) is 2.55. The minimum absolute atomic E-state index is 0.00130. The van der Waals surface area contributed by atoms with Gasteiger partial charge in [0.15, 0.2) is 5.78 Å². The summed E-state index contributed by atoms with van der Waals surface area (Å²) in [6.45, 7) is 1.86. The summed E-state index contributed by atoms with van der Waals surface area (Å²) in [6.07, 6.45) is -1.73. The van der Waals surface area contributed by atoms with E-state index < -0.39 is 12.1 Å². The molecule has 0 amide bonds. The Balaban J connectivity index is 1.98. The van der Waals surface area contributed by atoms with Crippen molar-refractivity contribution in [2.45, 2.75) is 32.0 Å². The van der Waals surface area contributed by atoms with Crippen LogP contribution in [0.4, 0.5) is 13.2 Å². The third-order valence-corrected chi connectivity index (χ3v) is 3.59. The number of benzene rings is 1. The fraction of sp³-hybridized carbons (Fsp3) is 0.533. The molecule has 1 aliphatic heterocycles. The van der Waals surface area contributed by atoms with E-state index in [1.165, 1.54) is 18.2 Å². The quantitative estimate of drug-likeness (QED) is 0.845. The molecule has 0 saturated carbocycles. The highest BCUT2D eigenvalue weighted by Crippen LogP contribution is 2.28. The standard InChI is InChI=1S/C15H18F3NO2/c16-15(17,18)21-14-6-2-1-5-12(14)13(20)8-7-11-4-3-9-19-10-11/h1-2,5-6,11,19H,3-4,7-10H2. The second-order valence-electron chi connectivity index (χ2n) is 5.22. The van der Waals surface area contributed by atoms with Crippen LogP contribution in [0, 0.1) is 5.92 Å². The number of ketones is 1. The van der Waals surface area contributed by atoms with Crippen molar-refractivity contribution in [3.63, 3.8) is 0 Å². The molecule has 1 fully saturated rings. The van der Waals surface area contributed by atoms with Crippen LogP contribution in [0.2, 0.25) is 0 Å². The van der Waals surface area contributed by atoms with Crippen LogP contribution in [0.25, 0.3) is 0 Å². The van der Waals surface area contributed by atoms with Gasteiger partial charge in [-0.1, -0.05) is 12.1 Å². The maximum absolute atomic E-state index is 12.3. The van der Waals surface area contributed by atoms with Crippen molar-refractivity contribution < 1.29 is 22.7 Å². The predicted molar refractivity (Wildman–Crippen MR) is 72.3 cm³/mol. The number of piperidine rings is 1. The second-order valence-corrected chi connectivity index (χ2v) is 5.22. The number of carbonyl (C=O) groups excluding carboxylic acids is 1. The Morgan fingerprint density at radius 2 is 2.10 bits per heavy atom. The highest BCUT2D eigenvalue weighted by atomic mass is 19.4. The lowest BCUT2D eigenvalue weighted by Gasteiger charge is -2.22. The van der Waals surface area contributed by atoms with Crippen LogP contribution >= 0.6 is 0 Å². The molecule has 1 unspecified atom stereocenters. The van der Waals surface area contributed by atoms with Crippen LogP contribution in [-0.4, -0.2) is 25.2 Å². The largest absolute Gasteiger partial charge is 0.573 e. The number of halogens is 3. The zero-order valence-electron chi connectivity index (χ0n) is 11.6. The van der Waals surface area contributed by atoms with Crippen molar-refractivity contribution in [3.8, 4) is 5.75 Å². The minimum Gasteiger partial charge on any atom is -0.405 e. The minimum atomic E-state index is -4.79. The van der Waals surface area contributed by atoms with Gasteiger partial charge in [-0.05, 0) is 50.4 Å². The maximum Gasteiger partial charge on any atom is 0.573 e. The zero-order valence-corrected chi connectivity index (χ0v) is 11.6. The summed E-state index contributed by atoms with van der Waals surface area (Å²) in [4.78, 5) is 12.1. The average molecular weight is 301 g/mol. The number of hydrogen-bond donors (Lipinski definition) is 1. The van der Waals surface area contributed by atoms with E-state index in [-0.39, 0.29) is 17.8 Å². The van der Waals surface area contributed by atoms with Gasteiger partial charge in [-0.2, -0.15) is 0 Å². The third kappa shape index (κ3) is 5.04. The molecule has 1 aromatic carbocycles. The van der Waals surface area contributed by atoms with Gasteiger partial charge < -0.3 is 10.1 Å². The Labute approximate surface area is 121 Å². The lowest BCUT2D eigenvalue weighted by molar-refractivity contribution is -0.274. The molecular formula is C15H18F3NO2. The number of para-hydroxylation sites is 1. The normalized spacial score (nSPS) is 19.3. The lowest BCUT2D eigenvalue weighted by atomic mass is 9.92. The number of hydrogen-bond acceptors (Lipinski definition) is 3. The number of Topliss-reactive ketones (excluding diaryl/α,β-unsaturated/α-hetero) is 1. The molecule has 1 saturated heterocycles. The predicted octanol–water partition coefficient (Wildman–Crippen LogP) is 3.55. The van der Waals surface area contributed by atoms with E-state index in [0.717, 1.165) is 25.9 Å². The topological polar surface area (TPSA) is 38.3 Å². The lowest BCUT2D eigenvalue weighted by Crippen LogP contribution is -2.30. The monoisotopic (exact) mass is 301 g/mol. The van der Waals surface area contributed by atoms with E-state index in [1.54, 1.807) is 6.07 Å². The molecule has 0 spiro atoms. The maximum atomic E-state index is 12.3. The highest BCUT2D eigenvalue weighted by Gasteiger charge is 2.32. The summed E-state index contributed by atoms with van der Waals surface area (Å²) in [5.74, 6) is -0.310. The molecule has 0 radical (unpaired) electrons. The van der Waals surface area contributed by atoms with Gasteiger partial charge in [-0.3, -0.25) is 4.79 Å². The molecule has 2 rings (SSSR count). The molecule has 1 heterocycles. The van der Waals surface area contributed by atoms with Crippen molar-refractivity contribution in [2.75, 3.05) is 13.1 Å². The van der Waals surface area contributed by atoms with E-state index in [0.29, 0.717) is 12.3 Å². The van der Waals surface area contributed by atoms with Crippen molar-refractivity contribution in [1.29, 1.82) is 0 Å². The van der Waals surface area contributed by atoms with Gasteiger partial charge in [-0.15, -0.1) is 13.2 Å². The first kappa shape index (κ1) is 15.8. The smallest absolute Gasteiger partial charge is 0.405 e. The van der Waals surface area contributed by atoms with Crippen LogP contribution in [0.15, 0.2) is 24.3 Å². The first-order valence-corrected chi connectivity index (χ1v) is 7.04. The number of rotatable bonds is 5. The van der Waals surface area contributed by atoms with Crippen LogP contribution in [-0.2, 0) is 0 Å². The molecule has 6 heteroatoms. The second kappa shape index (κ2) is 6.93. The first-order chi connectivity index (χ1) is 9.96. The van der Waals surface area contributed by atoms with Gasteiger partial charge in [0.05, 0.1) is 5.56 Å². The molecule has 21 heavy (non-hydrogen) atoms. The number of carbonyl (C=O) groups is 1. The Morgan fingerprint density at radius 3 is 2.76 bits per heavy atom.